The molecule has 0 spiro atoms. The second-order valence-corrected chi connectivity index (χ2v) is 8.49. The van der Waals surface area contributed by atoms with Gasteiger partial charge in [0.25, 0.3) is 0 Å². The van der Waals surface area contributed by atoms with Crippen LogP contribution in [0, 0.1) is 12.8 Å². The number of nitrogens with zero attached hydrogens (tertiary/aromatic N) is 1. The molecular weight excluding hydrogens is 412 g/mol. The van der Waals surface area contributed by atoms with Gasteiger partial charge in [-0.2, -0.15) is 0 Å². The summed E-state index contributed by atoms with van der Waals surface area (Å²) in [6.07, 6.45) is 3.20. The Labute approximate surface area is 187 Å². The Hall–Kier alpha value is -2.80. The van der Waals surface area contributed by atoms with E-state index in [9.17, 15) is 14.4 Å². The van der Waals surface area contributed by atoms with Crippen LogP contribution in [0.3, 0.4) is 0 Å². The fourth-order valence-corrected chi connectivity index (χ4v) is 3.85. The number of ether oxygens (including phenoxy) is 1. The van der Waals surface area contributed by atoms with Crippen molar-refractivity contribution in [2.45, 2.75) is 31.1 Å². The molecule has 164 valence electrons. The molecule has 1 atom stereocenters. The minimum Gasteiger partial charge on any atom is -0.464 e. The molecule has 1 saturated heterocycles. The number of amides is 2. The summed E-state index contributed by atoms with van der Waals surface area (Å²) in [4.78, 5) is 39.4. The number of aryl methyl sites for hydroxylation is 2. The molecule has 1 N–H and O–H groups in total. The van der Waals surface area contributed by atoms with E-state index in [-0.39, 0.29) is 31.4 Å². The third-order valence-corrected chi connectivity index (χ3v) is 6.02. The summed E-state index contributed by atoms with van der Waals surface area (Å²) < 4.78 is 5.29. The van der Waals surface area contributed by atoms with Crippen LogP contribution in [0.5, 0.6) is 0 Å². The van der Waals surface area contributed by atoms with Crippen molar-refractivity contribution in [1.29, 1.82) is 0 Å². The zero-order chi connectivity index (χ0) is 22.2. The highest BCUT2D eigenvalue weighted by Gasteiger charge is 2.36. The number of rotatable bonds is 9. The summed E-state index contributed by atoms with van der Waals surface area (Å²) in [6, 6.07) is 15.8. The lowest BCUT2D eigenvalue weighted by Crippen LogP contribution is -2.30. The van der Waals surface area contributed by atoms with E-state index >= 15 is 0 Å². The first-order valence-corrected chi connectivity index (χ1v) is 11.6. The highest BCUT2D eigenvalue weighted by Crippen LogP contribution is 2.27. The van der Waals surface area contributed by atoms with Gasteiger partial charge in [-0.05, 0) is 49.4 Å². The number of carbonyl (C=O) groups excluding carboxylic acids is 3. The number of carbonyl (C=O) groups is 3. The van der Waals surface area contributed by atoms with Gasteiger partial charge >= 0.3 is 5.97 Å². The molecule has 1 aliphatic rings. The number of hydrogen-bond acceptors (Lipinski definition) is 5. The van der Waals surface area contributed by atoms with Crippen LogP contribution >= 0.6 is 11.8 Å². The fourth-order valence-electron chi connectivity index (χ4n) is 3.44. The van der Waals surface area contributed by atoms with Gasteiger partial charge in [-0.3, -0.25) is 14.4 Å². The Kier molecular flexibility index (Phi) is 8.12. The molecule has 1 heterocycles. The van der Waals surface area contributed by atoms with Crippen LogP contribution in [0.1, 0.15) is 24.0 Å². The average Bonchev–Trinajstić information content (AvgIpc) is 3.18. The van der Waals surface area contributed by atoms with Crippen molar-refractivity contribution in [1.82, 2.24) is 5.32 Å². The number of esters is 1. The number of nitrogens with one attached hydrogen (secondary N) is 1. The molecule has 2 aromatic rings. The molecule has 1 unspecified atom stereocenters. The highest BCUT2D eigenvalue weighted by molar-refractivity contribution is 7.98. The third kappa shape index (κ3) is 6.59. The van der Waals surface area contributed by atoms with Gasteiger partial charge in [-0.1, -0.05) is 29.8 Å². The summed E-state index contributed by atoms with van der Waals surface area (Å²) in [5.41, 5.74) is 3.10. The van der Waals surface area contributed by atoms with E-state index in [0.717, 1.165) is 16.1 Å². The molecule has 0 aliphatic carbocycles. The molecule has 0 radical (unpaired) electrons. The van der Waals surface area contributed by atoms with Crippen LogP contribution in [-0.2, 0) is 25.5 Å². The van der Waals surface area contributed by atoms with Crippen molar-refractivity contribution < 1.29 is 19.1 Å². The fraction of sp³-hybridized carbons (Fsp3) is 0.375. The Morgan fingerprint density at radius 1 is 1.13 bits per heavy atom. The summed E-state index contributed by atoms with van der Waals surface area (Å²) in [5.74, 6) is -1.04. The maximum Gasteiger partial charge on any atom is 0.311 e. The van der Waals surface area contributed by atoms with E-state index in [2.05, 4.69) is 5.32 Å². The van der Waals surface area contributed by atoms with Gasteiger partial charge in [-0.25, -0.2) is 0 Å². The van der Waals surface area contributed by atoms with Gasteiger partial charge in [0.05, 0.1) is 12.5 Å². The second-order valence-electron chi connectivity index (χ2n) is 7.61. The first-order valence-electron chi connectivity index (χ1n) is 10.4. The van der Waals surface area contributed by atoms with Crippen molar-refractivity contribution in [2.24, 2.45) is 5.92 Å². The summed E-state index contributed by atoms with van der Waals surface area (Å²) in [6.45, 7) is 2.71. The Morgan fingerprint density at radius 2 is 1.84 bits per heavy atom. The summed E-state index contributed by atoms with van der Waals surface area (Å²) in [5, 5.41) is 2.77. The number of hydrogen-bond donors (Lipinski definition) is 1. The number of anilines is 1. The second kappa shape index (κ2) is 11.0. The van der Waals surface area contributed by atoms with Gasteiger partial charge < -0.3 is 15.0 Å². The third-order valence-electron chi connectivity index (χ3n) is 5.27. The van der Waals surface area contributed by atoms with Crippen LogP contribution in [-0.4, -0.2) is 43.7 Å². The quantitative estimate of drug-likeness (QED) is 0.368. The molecule has 6 nitrogen and oxygen atoms in total. The first kappa shape index (κ1) is 22.9. The standard InChI is InChI=1S/C24H28N2O4S/c1-17-3-5-18(6-4-17)7-12-22(27)25-13-14-30-24(29)19-15-23(28)26(16-19)20-8-10-21(31-2)11-9-20/h3-6,8-11,19H,7,12-16H2,1-2H3,(H,25,27). The normalized spacial score (nSPS) is 15.7. The predicted molar refractivity (Wildman–Crippen MR) is 122 cm³/mol. The monoisotopic (exact) mass is 440 g/mol. The van der Waals surface area contributed by atoms with Crippen LogP contribution < -0.4 is 10.2 Å². The minimum atomic E-state index is -0.482. The van der Waals surface area contributed by atoms with Crippen molar-refractivity contribution >= 4 is 35.2 Å². The zero-order valence-corrected chi connectivity index (χ0v) is 18.7. The van der Waals surface area contributed by atoms with E-state index in [1.807, 2.05) is 61.7 Å². The molecule has 1 fully saturated rings. The lowest BCUT2D eigenvalue weighted by molar-refractivity contribution is -0.148. The van der Waals surface area contributed by atoms with Crippen LogP contribution in [0.15, 0.2) is 53.4 Å². The van der Waals surface area contributed by atoms with Gasteiger partial charge in [0.2, 0.25) is 11.8 Å². The molecule has 3 rings (SSSR count). The maximum atomic E-state index is 12.3. The van der Waals surface area contributed by atoms with E-state index in [1.165, 1.54) is 5.56 Å². The topological polar surface area (TPSA) is 75.7 Å². The SMILES string of the molecule is CSc1ccc(N2CC(C(=O)OCCNC(=O)CCc3ccc(C)cc3)CC2=O)cc1. The number of benzene rings is 2. The average molecular weight is 441 g/mol. The van der Waals surface area contributed by atoms with Gasteiger partial charge in [-0.15, -0.1) is 11.8 Å². The Bertz CT molecular complexity index is 912. The molecule has 2 aromatic carbocycles. The lowest BCUT2D eigenvalue weighted by atomic mass is 10.1. The van der Waals surface area contributed by atoms with Crippen molar-refractivity contribution in [3.8, 4) is 0 Å². The Morgan fingerprint density at radius 3 is 2.52 bits per heavy atom. The molecule has 31 heavy (non-hydrogen) atoms. The van der Waals surface area contributed by atoms with Crippen LogP contribution in [0.4, 0.5) is 5.69 Å². The predicted octanol–water partition coefficient (Wildman–Crippen LogP) is 3.36. The smallest absolute Gasteiger partial charge is 0.311 e. The molecule has 7 heteroatoms. The highest BCUT2D eigenvalue weighted by atomic mass is 32.2. The molecule has 2 amide bonds. The van der Waals surface area contributed by atoms with Crippen molar-refractivity contribution in [2.75, 3.05) is 30.9 Å². The van der Waals surface area contributed by atoms with Gasteiger partial charge in [0.15, 0.2) is 0 Å². The molecule has 0 saturated carbocycles. The van der Waals surface area contributed by atoms with Crippen molar-refractivity contribution in [3.63, 3.8) is 0 Å². The van der Waals surface area contributed by atoms with E-state index in [4.69, 9.17) is 4.74 Å². The first-order chi connectivity index (χ1) is 15.0. The molecule has 0 aromatic heterocycles. The van der Waals surface area contributed by atoms with E-state index in [0.29, 0.717) is 19.4 Å². The van der Waals surface area contributed by atoms with E-state index < -0.39 is 11.9 Å². The van der Waals surface area contributed by atoms with Crippen LogP contribution in [0.25, 0.3) is 0 Å². The lowest BCUT2D eigenvalue weighted by Gasteiger charge is -2.17. The van der Waals surface area contributed by atoms with Crippen molar-refractivity contribution in [3.05, 3.63) is 59.7 Å². The minimum absolute atomic E-state index is 0.0764. The van der Waals surface area contributed by atoms with Crippen LogP contribution in [0.2, 0.25) is 0 Å². The molecule has 1 aliphatic heterocycles. The van der Waals surface area contributed by atoms with Gasteiger partial charge in [0, 0.05) is 30.0 Å². The maximum absolute atomic E-state index is 12.3. The van der Waals surface area contributed by atoms with E-state index in [1.54, 1.807) is 16.7 Å². The Balaban J connectivity index is 1.36. The van der Waals surface area contributed by atoms with Gasteiger partial charge in [0.1, 0.15) is 6.61 Å². The molecular formula is C24H28N2O4S. The summed E-state index contributed by atoms with van der Waals surface area (Å²) in [7, 11) is 0. The largest absolute Gasteiger partial charge is 0.464 e. The molecule has 0 bridgehead atoms. The zero-order valence-electron chi connectivity index (χ0n) is 17.9. The number of thioether (sulfide) groups is 1. The summed E-state index contributed by atoms with van der Waals surface area (Å²) >= 11 is 1.63.